The lowest BCUT2D eigenvalue weighted by molar-refractivity contribution is 0.124. The molecule has 1 saturated carbocycles. The molecule has 0 radical (unpaired) electrons. The van der Waals surface area contributed by atoms with Gasteiger partial charge in [-0.2, -0.15) is 0 Å². The zero-order chi connectivity index (χ0) is 11.3. The van der Waals surface area contributed by atoms with Gasteiger partial charge in [0.05, 0.1) is 6.61 Å². The zero-order valence-electron chi connectivity index (χ0n) is 10.6. The van der Waals surface area contributed by atoms with E-state index in [-0.39, 0.29) is 0 Å². The smallest absolute Gasteiger partial charge is 0.0591 e. The molecule has 0 amide bonds. The Morgan fingerprint density at radius 3 is 2.94 bits per heavy atom. The first kappa shape index (κ1) is 12.3. The van der Waals surface area contributed by atoms with Gasteiger partial charge in [0.15, 0.2) is 0 Å². The average Bonchev–Trinajstić information content (AvgIpc) is 3.08. The van der Waals surface area contributed by atoms with E-state index in [0.29, 0.717) is 5.54 Å². The monoisotopic (exact) mass is 226 g/mol. The quantitative estimate of drug-likeness (QED) is 0.646. The third-order valence-electron chi connectivity index (χ3n) is 3.70. The fraction of sp³-hybridized carbons (Fsp3) is 1.00. The summed E-state index contributed by atoms with van der Waals surface area (Å²) in [5.41, 5.74) is 0.314. The van der Waals surface area contributed by atoms with Gasteiger partial charge in [0.25, 0.3) is 0 Å². The first-order valence-electron chi connectivity index (χ1n) is 6.82. The van der Waals surface area contributed by atoms with Crippen LogP contribution in [-0.2, 0) is 4.74 Å². The molecular weight excluding hydrogens is 200 g/mol. The van der Waals surface area contributed by atoms with Crippen molar-refractivity contribution in [3.63, 3.8) is 0 Å². The third-order valence-corrected chi connectivity index (χ3v) is 3.70. The van der Waals surface area contributed by atoms with Gasteiger partial charge in [0, 0.05) is 25.2 Å². The summed E-state index contributed by atoms with van der Waals surface area (Å²) in [6, 6.07) is 0. The minimum Gasteiger partial charge on any atom is -0.380 e. The molecule has 2 N–H and O–H groups in total. The van der Waals surface area contributed by atoms with E-state index in [1.54, 1.807) is 0 Å². The van der Waals surface area contributed by atoms with Crippen molar-refractivity contribution in [1.29, 1.82) is 0 Å². The van der Waals surface area contributed by atoms with E-state index in [2.05, 4.69) is 17.6 Å². The molecule has 3 nitrogen and oxygen atoms in total. The van der Waals surface area contributed by atoms with Crippen molar-refractivity contribution < 1.29 is 4.74 Å². The van der Waals surface area contributed by atoms with Crippen LogP contribution in [-0.4, -0.2) is 38.4 Å². The van der Waals surface area contributed by atoms with Gasteiger partial charge < -0.3 is 15.4 Å². The van der Waals surface area contributed by atoms with Crippen LogP contribution in [0, 0.1) is 5.92 Å². The van der Waals surface area contributed by atoms with Crippen molar-refractivity contribution >= 4 is 0 Å². The van der Waals surface area contributed by atoms with Gasteiger partial charge in [-0.25, -0.2) is 0 Å². The normalized spacial score (nSPS) is 30.6. The number of nitrogens with one attached hydrogen (secondary N) is 2. The molecule has 3 heteroatoms. The highest BCUT2D eigenvalue weighted by Gasteiger charge is 2.25. The summed E-state index contributed by atoms with van der Waals surface area (Å²) in [5.74, 6) is 0.887. The van der Waals surface area contributed by atoms with Crippen LogP contribution in [0.3, 0.4) is 0 Å². The number of piperidine rings is 1. The maximum atomic E-state index is 5.60. The third kappa shape index (κ3) is 4.40. The second-order valence-electron chi connectivity index (χ2n) is 5.64. The van der Waals surface area contributed by atoms with Gasteiger partial charge in [-0.1, -0.05) is 6.42 Å². The Kier molecular flexibility index (Phi) is 4.62. The Morgan fingerprint density at radius 1 is 1.38 bits per heavy atom. The van der Waals surface area contributed by atoms with Crippen molar-refractivity contribution in [2.75, 3.05) is 32.8 Å². The summed E-state index contributed by atoms with van der Waals surface area (Å²) in [6.07, 6.45) is 6.76. The van der Waals surface area contributed by atoms with E-state index in [0.717, 1.165) is 32.2 Å². The molecule has 1 heterocycles. The molecule has 0 aromatic heterocycles. The second kappa shape index (κ2) is 5.99. The minimum absolute atomic E-state index is 0.314. The van der Waals surface area contributed by atoms with Gasteiger partial charge in [-0.15, -0.1) is 0 Å². The highest BCUT2D eigenvalue weighted by molar-refractivity contribution is 4.88. The Bertz CT molecular complexity index is 198. The van der Waals surface area contributed by atoms with Crippen molar-refractivity contribution in [1.82, 2.24) is 10.6 Å². The SMILES string of the molecule is CC1(CNCCOCC2CC2)CCCCN1. The molecule has 1 aliphatic carbocycles. The number of hydrogen-bond acceptors (Lipinski definition) is 3. The molecule has 0 bridgehead atoms. The Hall–Kier alpha value is -0.120. The number of hydrogen-bond donors (Lipinski definition) is 2. The van der Waals surface area contributed by atoms with Gasteiger partial charge in [0.1, 0.15) is 0 Å². The van der Waals surface area contributed by atoms with Crippen LogP contribution >= 0.6 is 0 Å². The fourth-order valence-corrected chi connectivity index (χ4v) is 2.31. The molecule has 2 fully saturated rings. The average molecular weight is 226 g/mol. The maximum Gasteiger partial charge on any atom is 0.0591 e. The zero-order valence-corrected chi connectivity index (χ0v) is 10.6. The Labute approximate surface area is 99.3 Å². The van der Waals surface area contributed by atoms with Crippen molar-refractivity contribution in [2.24, 2.45) is 5.92 Å². The van der Waals surface area contributed by atoms with Gasteiger partial charge in [0.2, 0.25) is 0 Å². The van der Waals surface area contributed by atoms with Crippen LogP contribution in [0.25, 0.3) is 0 Å². The molecule has 1 saturated heterocycles. The lowest BCUT2D eigenvalue weighted by Gasteiger charge is -2.35. The molecular formula is C13H26N2O. The molecule has 1 unspecified atom stereocenters. The topological polar surface area (TPSA) is 33.3 Å². The molecule has 94 valence electrons. The van der Waals surface area contributed by atoms with E-state index in [1.165, 1.54) is 38.6 Å². The summed E-state index contributed by atoms with van der Waals surface area (Å²) in [6.45, 7) is 7.41. The molecule has 16 heavy (non-hydrogen) atoms. The minimum atomic E-state index is 0.314. The van der Waals surface area contributed by atoms with Crippen molar-refractivity contribution in [3.05, 3.63) is 0 Å². The second-order valence-corrected chi connectivity index (χ2v) is 5.64. The molecule has 1 atom stereocenters. The predicted molar refractivity (Wildman–Crippen MR) is 66.7 cm³/mol. The molecule has 2 aliphatic rings. The van der Waals surface area contributed by atoms with Crippen LogP contribution in [0.2, 0.25) is 0 Å². The van der Waals surface area contributed by atoms with E-state index < -0.39 is 0 Å². The molecule has 0 aromatic carbocycles. The fourth-order valence-electron chi connectivity index (χ4n) is 2.31. The summed E-state index contributed by atoms with van der Waals surface area (Å²) in [4.78, 5) is 0. The molecule has 0 spiro atoms. The van der Waals surface area contributed by atoms with Crippen LogP contribution in [0.1, 0.15) is 39.0 Å². The van der Waals surface area contributed by atoms with Gasteiger partial charge in [-0.3, -0.25) is 0 Å². The van der Waals surface area contributed by atoms with Crippen LogP contribution in [0.15, 0.2) is 0 Å². The Balaban J connectivity index is 1.46. The lowest BCUT2D eigenvalue weighted by Crippen LogP contribution is -2.53. The van der Waals surface area contributed by atoms with E-state index >= 15 is 0 Å². The van der Waals surface area contributed by atoms with E-state index in [4.69, 9.17) is 4.74 Å². The number of ether oxygens (including phenoxy) is 1. The molecule has 1 aliphatic heterocycles. The van der Waals surface area contributed by atoms with Crippen LogP contribution < -0.4 is 10.6 Å². The molecule has 2 rings (SSSR count). The summed E-state index contributed by atoms with van der Waals surface area (Å²) >= 11 is 0. The Morgan fingerprint density at radius 2 is 2.25 bits per heavy atom. The van der Waals surface area contributed by atoms with Crippen molar-refractivity contribution in [3.8, 4) is 0 Å². The van der Waals surface area contributed by atoms with E-state index in [1.807, 2.05) is 0 Å². The van der Waals surface area contributed by atoms with Gasteiger partial charge >= 0.3 is 0 Å². The summed E-state index contributed by atoms with van der Waals surface area (Å²) in [7, 11) is 0. The first-order chi connectivity index (χ1) is 7.79. The predicted octanol–water partition coefficient (Wildman–Crippen LogP) is 1.53. The highest BCUT2D eigenvalue weighted by atomic mass is 16.5. The van der Waals surface area contributed by atoms with Crippen molar-refractivity contribution in [2.45, 2.75) is 44.6 Å². The molecule has 0 aromatic rings. The highest BCUT2D eigenvalue weighted by Crippen LogP contribution is 2.28. The summed E-state index contributed by atoms with van der Waals surface area (Å²) < 4.78 is 5.60. The standard InChI is InChI=1S/C13H26N2O/c1-13(6-2-3-7-15-13)11-14-8-9-16-10-12-4-5-12/h12,14-15H,2-11H2,1H3. The first-order valence-corrected chi connectivity index (χ1v) is 6.82. The van der Waals surface area contributed by atoms with Gasteiger partial charge in [-0.05, 0) is 45.1 Å². The van der Waals surface area contributed by atoms with Crippen LogP contribution in [0.4, 0.5) is 0 Å². The maximum absolute atomic E-state index is 5.60. The lowest BCUT2D eigenvalue weighted by atomic mass is 9.91. The summed E-state index contributed by atoms with van der Waals surface area (Å²) in [5, 5.41) is 7.11. The number of rotatable bonds is 7. The van der Waals surface area contributed by atoms with E-state index in [9.17, 15) is 0 Å². The largest absolute Gasteiger partial charge is 0.380 e. The van der Waals surface area contributed by atoms with Crippen LogP contribution in [0.5, 0.6) is 0 Å².